The second kappa shape index (κ2) is 11.9. The zero-order chi connectivity index (χ0) is 28.2. The number of benzene rings is 3. The number of carbonyl (C=O) groups excluding carboxylic acids is 3. The molecule has 0 spiro atoms. The highest BCUT2D eigenvalue weighted by Gasteiger charge is 2.41. The van der Waals surface area contributed by atoms with Gasteiger partial charge in [0.1, 0.15) is 12.1 Å². The summed E-state index contributed by atoms with van der Waals surface area (Å²) in [6, 6.07) is 22.7. The van der Waals surface area contributed by atoms with Crippen molar-refractivity contribution in [2.45, 2.75) is 51.7 Å². The van der Waals surface area contributed by atoms with Crippen LogP contribution in [0.15, 0.2) is 79.0 Å². The fourth-order valence-electron chi connectivity index (χ4n) is 5.65. The van der Waals surface area contributed by atoms with Crippen LogP contribution in [0.25, 0.3) is 21.7 Å². The highest BCUT2D eigenvalue weighted by molar-refractivity contribution is 5.94. The third kappa shape index (κ3) is 5.83. The van der Waals surface area contributed by atoms with Crippen LogP contribution in [0.1, 0.15) is 37.8 Å². The van der Waals surface area contributed by atoms with Crippen LogP contribution >= 0.6 is 0 Å². The monoisotopic (exact) mass is 536 g/mol. The number of pyridine rings is 1. The predicted octanol–water partition coefficient (Wildman–Crippen LogP) is 4.72. The molecule has 0 radical (unpaired) electrons. The Labute approximate surface area is 235 Å². The number of likely N-dealkylation sites (N-methyl/N-ethyl adjacent to an activating group) is 1. The van der Waals surface area contributed by atoms with Crippen LogP contribution in [-0.2, 0) is 27.3 Å². The van der Waals surface area contributed by atoms with Gasteiger partial charge >= 0.3 is 0 Å². The van der Waals surface area contributed by atoms with Gasteiger partial charge < -0.3 is 15.1 Å². The zero-order valence-electron chi connectivity index (χ0n) is 23.3. The normalized spacial score (nSPS) is 16.9. The first kappa shape index (κ1) is 27.3. The summed E-state index contributed by atoms with van der Waals surface area (Å²) >= 11 is 0. The van der Waals surface area contributed by atoms with Crippen LogP contribution in [0, 0.1) is 5.92 Å². The van der Waals surface area contributed by atoms with Crippen molar-refractivity contribution in [1.29, 1.82) is 0 Å². The largest absolute Gasteiger partial charge is 0.357 e. The van der Waals surface area contributed by atoms with Crippen LogP contribution in [-0.4, -0.2) is 58.2 Å². The number of fused-ring (bicyclic) bond motifs is 2. The van der Waals surface area contributed by atoms with Crippen molar-refractivity contribution in [3.63, 3.8) is 0 Å². The van der Waals surface area contributed by atoms with Crippen molar-refractivity contribution in [3.05, 3.63) is 90.1 Å². The van der Waals surface area contributed by atoms with Crippen molar-refractivity contribution in [3.8, 4) is 0 Å². The predicted molar refractivity (Wildman–Crippen MR) is 157 cm³/mol. The van der Waals surface area contributed by atoms with E-state index >= 15 is 0 Å². The summed E-state index contributed by atoms with van der Waals surface area (Å²) in [7, 11) is 1.59. The van der Waals surface area contributed by atoms with Crippen LogP contribution in [0.2, 0.25) is 0 Å². The van der Waals surface area contributed by atoms with E-state index in [1.807, 2.05) is 74.5 Å². The van der Waals surface area contributed by atoms with E-state index in [2.05, 4.69) is 22.4 Å². The minimum absolute atomic E-state index is 0.0870. The summed E-state index contributed by atoms with van der Waals surface area (Å²) in [5.74, 6) is -0.319. The second-order valence-corrected chi connectivity index (χ2v) is 11.0. The van der Waals surface area contributed by atoms with Gasteiger partial charge in [-0.2, -0.15) is 0 Å². The third-order valence-corrected chi connectivity index (χ3v) is 7.69. The maximum Gasteiger partial charge on any atom is 0.246 e. The molecular weight excluding hydrogens is 500 g/mol. The van der Waals surface area contributed by atoms with Gasteiger partial charge in [0.25, 0.3) is 0 Å². The molecule has 2 heterocycles. The first-order valence-corrected chi connectivity index (χ1v) is 14.0. The van der Waals surface area contributed by atoms with Crippen LogP contribution in [0.4, 0.5) is 0 Å². The SMILES string of the molecule is CNC(=O)[C@H](Cc1ccc2ccccc2c1)N1CCC(=O)N(Cc2cnc3ccccc3c2)[C@@H](CC(C)C)C1=O. The maximum absolute atomic E-state index is 14.2. The van der Waals surface area contributed by atoms with E-state index in [-0.39, 0.29) is 36.6 Å². The van der Waals surface area contributed by atoms with Gasteiger partial charge in [-0.05, 0) is 46.4 Å². The molecule has 7 nitrogen and oxygen atoms in total. The molecule has 0 bridgehead atoms. The quantitative estimate of drug-likeness (QED) is 0.353. The molecule has 7 heteroatoms. The van der Waals surface area contributed by atoms with E-state index in [0.717, 1.165) is 32.8 Å². The van der Waals surface area contributed by atoms with Crippen LogP contribution < -0.4 is 5.32 Å². The Bertz CT molecular complexity index is 1550. The Morgan fingerprint density at radius 2 is 1.65 bits per heavy atom. The highest BCUT2D eigenvalue weighted by atomic mass is 16.2. The zero-order valence-corrected chi connectivity index (χ0v) is 23.3. The lowest BCUT2D eigenvalue weighted by Gasteiger charge is -2.35. The topological polar surface area (TPSA) is 82.6 Å². The fraction of sp³-hybridized carbons (Fsp3) is 0.333. The molecule has 1 aliphatic heterocycles. The van der Waals surface area contributed by atoms with E-state index in [1.54, 1.807) is 23.0 Å². The number of hydrogen-bond donors (Lipinski definition) is 1. The second-order valence-electron chi connectivity index (χ2n) is 11.0. The molecule has 3 aromatic carbocycles. The molecule has 3 amide bonds. The molecule has 0 unspecified atom stereocenters. The summed E-state index contributed by atoms with van der Waals surface area (Å²) in [4.78, 5) is 48.9. The molecule has 1 N–H and O–H groups in total. The molecule has 0 aliphatic carbocycles. The number of aromatic nitrogens is 1. The lowest BCUT2D eigenvalue weighted by molar-refractivity contribution is -0.146. The lowest BCUT2D eigenvalue weighted by atomic mass is 9.97. The van der Waals surface area contributed by atoms with E-state index in [0.29, 0.717) is 19.4 Å². The maximum atomic E-state index is 14.2. The molecule has 1 aromatic heterocycles. The van der Waals surface area contributed by atoms with E-state index in [4.69, 9.17) is 0 Å². The van der Waals surface area contributed by atoms with Gasteiger partial charge in [0.05, 0.1) is 5.52 Å². The molecular formula is C33H36N4O3. The average molecular weight is 537 g/mol. The standard InChI is InChI=1S/C33H36N4O3/c1-22(2)16-30-33(40)36(29(32(39)34-3)19-23-12-13-25-8-4-5-9-26(25)17-23)15-14-31(38)37(30)21-24-18-27-10-6-7-11-28(27)35-20-24/h4-13,17-18,20,22,29-30H,14-16,19,21H2,1-3H3,(H,34,39)/t29-,30-/m0/s1. The van der Waals surface area contributed by atoms with Gasteiger partial charge in [-0.15, -0.1) is 0 Å². The van der Waals surface area contributed by atoms with Gasteiger partial charge in [-0.25, -0.2) is 0 Å². The summed E-state index contributed by atoms with van der Waals surface area (Å²) in [6.45, 7) is 4.59. The summed E-state index contributed by atoms with van der Waals surface area (Å²) in [6.07, 6.45) is 2.82. The Hall–Kier alpha value is -4.26. The molecule has 0 saturated carbocycles. The molecule has 206 valence electrons. The van der Waals surface area contributed by atoms with E-state index in [1.165, 1.54) is 0 Å². The summed E-state index contributed by atoms with van der Waals surface area (Å²) in [5.41, 5.74) is 2.73. The molecule has 40 heavy (non-hydrogen) atoms. The summed E-state index contributed by atoms with van der Waals surface area (Å²) < 4.78 is 0. The van der Waals surface area contributed by atoms with Gasteiger partial charge in [0.2, 0.25) is 17.7 Å². The van der Waals surface area contributed by atoms with Crippen molar-refractivity contribution in [2.24, 2.45) is 5.92 Å². The Morgan fingerprint density at radius 3 is 2.40 bits per heavy atom. The first-order chi connectivity index (χ1) is 19.3. The minimum Gasteiger partial charge on any atom is -0.357 e. The van der Waals surface area contributed by atoms with Crippen LogP contribution in [0.3, 0.4) is 0 Å². The number of carbonyl (C=O) groups is 3. The molecule has 1 fully saturated rings. The molecule has 4 aromatic rings. The molecule has 2 atom stereocenters. The number of nitrogens with zero attached hydrogens (tertiary/aromatic N) is 3. The number of rotatable bonds is 8. The van der Waals surface area contributed by atoms with Crippen molar-refractivity contribution < 1.29 is 14.4 Å². The number of amides is 3. The Kier molecular flexibility index (Phi) is 8.10. The number of nitrogens with one attached hydrogen (secondary N) is 1. The van der Waals surface area contributed by atoms with Gasteiger partial charge in [-0.1, -0.05) is 74.5 Å². The molecule has 1 saturated heterocycles. The highest BCUT2D eigenvalue weighted by Crippen LogP contribution is 2.26. The van der Waals surface area contributed by atoms with Crippen molar-refractivity contribution >= 4 is 39.4 Å². The van der Waals surface area contributed by atoms with Gasteiger partial charge in [0, 0.05) is 44.6 Å². The Morgan fingerprint density at radius 1 is 0.950 bits per heavy atom. The van der Waals surface area contributed by atoms with Gasteiger partial charge in [0.15, 0.2) is 0 Å². The number of hydrogen-bond acceptors (Lipinski definition) is 4. The van der Waals surface area contributed by atoms with Crippen LogP contribution in [0.5, 0.6) is 0 Å². The smallest absolute Gasteiger partial charge is 0.246 e. The fourth-order valence-corrected chi connectivity index (χ4v) is 5.65. The Balaban J connectivity index is 1.46. The lowest BCUT2D eigenvalue weighted by Crippen LogP contribution is -2.54. The summed E-state index contributed by atoms with van der Waals surface area (Å²) in [5, 5.41) is 5.95. The third-order valence-electron chi connectivity index (χ3n) is 7.69. The van der Waals surface area contributed by atoms with Crippen molar-refractivity contribution in [1.82, 2.24) is 20.1 Å². The molecule has 1 aliphatic rings. The van der Waals surface area contributed by atoms with E-state index in [9.17, 15) is 14.4 Å². The molecule has 5 rings (SSSR count). The van der Waals surface area contributed by atoms with E-state index < -0.39 is 12.1 Å². The number of para-hydroxylation sites is 1. The minimum atomic E-state index is -0.719. The van der Waals surface area contributed by atoms with Crippen molar-refractivity contribution in [2.75, 3.05) is 13.6 Å². The average Bonchev–Trinajstić information content (AvgIpc) is 3.07. The van der Waals surface area contributed by atoms with Gasteiger partial charge in [-0.3, -0.25) is 19.4 Å². The first-order valence-electron chi connectivity index (χ1n) is 14.0.